The van der Waals surface area contributed by atoms with Crippen molar-refractivity contribution < 1.29 is 13.9 Å². The molecule has 1 saturated heterocycles. The number of nitrogens with one attached hydrogen (secondary N) is 1. The van der Waals surface area contributed by atoms with E-state index in [0.29, 0.717) is 52.5 Å². The van der Waals surface area contributed by atoms with Gasteiger partial charge in [-0.25, -0.2) is 14.4 Å². The van der Waals surface area contributed by atoms with Gasteiger partial charge in [-0.2, -0.15) is 0 Å². The summed E-state index contributed by atoms with van der Waals surface area (Å²) in [6.07, 6.45) is 7.36. The summed E-state index contributed by atoms with van der Waals surface area (Å²) in [5.74, 6) is 1.16. The number of aliphatic imine (C=N–C) groups is 1. The van der Waals surface area contributed by atoms with Crippen LogP contribution in [-0.2, 0) is 4.74 Å². The third-order valence-corrected chi connectivity index (χ3v) is 7.04. The number of pyridine rings is 1. The molecule has 0 bridgehead atoms. The van der Waals surface area contributed by atoms with Gasteiger partial charge in [0.25, 0.3) is 0 Å². The van der Waals surface area contributed by atoms with Gasteiger partial charge in [0.1, 0.15) is 17.9 Å². The van der Waals surface area contributed by atoms with Gasteiger partial charge in [0.05, 0.1) is 41.9 Å². The highest BCUT2D eigenvalue weighted by molar-refractivity contribution is 6.11. The molecule has 2 atom stereocenters. The molecular weight excluding hydrogens is 483 g/mol. The Bertz CT molecular complexity index is 1540. The fourth-order valence-electron chi connectivity index (χ4n) is 4.91. The first-order chi connectivity index (χ1) is 18.6. The number of fused-ring (bicyclic) bond motifs is 3. The molecule has 6 rings (SSSR count). The highest BCUT2D eigenvalue weighted by Crippen LogP contribution is 2.57. The normalized spacial score (nSPS) is 20.3. The molecule has 38 heavy (non-hydrogen) atoms. The lowest BCUT2D eigenvalue weighted by molar-refractivity contribution is 0.124. The molecule has 196 valence electrons. The Morgan fingerprint density at radius 2 is 2.11 bits per heavy atom. The summed E-state index contributed by atoms with van der Waals surface area (Å²) in [4.78, 5) is 17.3. The Labute approximate surface area is 220 Å². The van der Waals surface area contributed by atoms with Crippen LogP contribution in [-0.4, -0.2) is 48.0 Å². The molecule has 9 heteroatoms. The fraction of sp³-hybridized carbons (Fsp3) is 0.310. The van der Waals surface area contributed by atoms with Crippen LogP contribution in [0.4, 0.5) is 15.9 Å². The maximum absolute atomic E-state index is 15.3. The lowest BCUT2D eigenvalue weighted by Gasteiger charge is -2.18. The van der Waals surface area contributed by atoms with E-state index >= 15 is 4.39 Å². The molecule has 4 aromatic rings. The van der Waals surface area contributed by atoms with Crippen molar-refractivity contribution in [1.29, 1.82) is 0 Å². The van der Waals surface area contributed by atoms with Gasteiger partial charge in [-0.3, -0.25) is 9.98 Å². The minimum absolute atomic E-state index is 0.0560. The van der Waals surface area contributed by atoms with Gasteiger partial charge in [0, 0.05) is 42.0 Å². The largest absolute Gasteiger partial charge is 0.492 e. The molecule has 1 aliphatic carbocycles. The average Bonchev–Trinajstić information content (AvgIpc) is 3.51. The molecule has 0 spiro atoms. The number of rotatable bonds is 7. The van der Waals surface area contributed by atoms with Crippen molar-refractivity contribution in [2.75, 3.05) is 32.2 Å². The van der Waals surface area contributed by atoms with Crippen molar-refractivity contribution in [3.63, 3.8) is 0 Å². The Kier molecular flexibility index (Phi) is 7.20. The zero-order chi connectivity index (χ0) is 26.7. The van der Waals surface area contributed by atoms with Gasteiger partial charge in [0.2, 0.25) is 0 Å². The quantitative estimate of drug-likeness (QED) is 0.314. The molecule has 8 nitrogen and oxygen atoms in total. The number of benzene rings is 2. The Morgan fingerprint density at radius 1 is 1.24 bits per heavy atom. The predicted molar refractivity (Wildman–Crippen MR) is 149 cm³/mol. The van der Waals surface area contributed by atoms with Crippen LogP contribution in [0.25, 0.3) is 27.4 Å². The molecule has 2 aliphatic rings. The topological polar surface area (TPSA) is 108 Å². The molecule has 2 aromatic heterocycles. The number of halogens is 1. The molecule has 1 aliphatic heterocycles. The van der Waals surface area contributed by atoms with Crippen molar-refractivity contribution in [3.8, 4) is 5.75 Å². The monoisotopic (exact) mass is 514 g/mol. The number of nitrogens with zero attached hydrogens (tertiary/aromatic N) is 4. The average molecular weight is 515 g/mol. The van der Waals surface area contributed by atoms with E-state index in [1.165, 1.54) is 12.5 Å². The summed E-state index contributed by atoms with van der Waals surface area (Å²) in [5, 5.41) is 4.24. The first-order valence-corrected chi connectivity index (χ1v) is 12.8. The second kappa shape index (κ2) is 10.7. The van der Waals surface area contributed by atoms with Crippen LogP contribution >= 0.6 is 0 Å². The molecule has 3 N–H and O–H groups in total. The van der Waals surface area contributed by atoms with Crippen molar-refractivity contribution in [3.05, 3.63) is 66.5 Å². The van der Waals surface area contributed by atoms with Crippen LogP contribution in [0, 0.1) is 17.2 Å². The van der Waals surface area contributed by atoms with E-state index in [0.717, 1.165) is 24.2 Å². The first kappa shape index (κ1) is 25.5. The summed E-state index contributed by atoms with van der Waals surface area (Å²) in [6.45, 7) is 6.00. The fourth-order valence-corrected chi connectivity index (χ4v) is 4.91. The number of aromatic nitrogens is 3. The summed E-state index contributed by atoms with van der Waals surface area (Å²) in [5.41, 5.74) is 8.99. The molecule has 2 fully saturated rings. The van der Waals surface area contributed by atoms with Gasteiger partial charge < -0.3 is 20.5 Å². The van der Waals surface area contributed by atoms with E-state index in [1.807, 2.05) is 26.0 Å². The highest BCUT2D eigenvalue weighted by atomic mass is 19.1. The Morgan fingerprint density at radius 3 is 2.84 bits per heavy atom. The third-order valence-electron chi connectivity index (χ3n) is 7.04. The summed E-state index contributed by atoms with van der Waals surface area (Å²) in [7, 11) is 1.69. The molecule has 2 unspecified atom stereocenters. The van der Waals surface area contributed by atoms with Gasteiger partial charge in [-0.1, -0.05) is 13.8 Å². The maximum atomic E-state index is 15.3. The van der Waals surface area contributed by atoms with Crippen LogP contribution in [0.2, 0.25) is 0 Å². The molecular formula is C29H31FN6O2. The van der Waals surface area contributed by atoms with E-state index in [2.05, 4.69) is 25.3 Å². The van der Waals surface area contributed by atoms with Crippen LogP contribution in [0.5, 0.6) is 5.75 Å². The smallest absolute Gasteiger partial charge is 0.156 e. The molecule has 0 amide bonds. The lowest BCUT2D eigenvalue weighted by Crippen LogP contribution is -2.17. The zero-order valence-electron chi connectivity index (χ0n) is 21.7. The van der Waals surface area contributed by atoms with Crippen LogP contribution in [0.15, 0.2) is 60.1 Å². The standard InChI is InChI=1S/C27H25FN6O2.C2H6/c1-30-11-17(10-29)16-7-22-24(23(8-16)36-14-27-9-18(27)12-35-13-27)26(33-15-32-22)34-21-5-4-20-19(25(21)28)3-2-6-31-20;1-2/h2-8,10-11,15,18H,9,12-14,29H2,1H3,(H,32,33,34);1-2H3/b17-10+,30-11?;. The minimum atomic E-state index is -0.401. The third kappa shape index (κ3) is 4.65. The van der Waals surface area contributed by atoms with Crippen LogP contribution in [0.1, 0.15) is 25.8 Å². The number of ether oxygens (including phenoxy) is 2. The maximum Gasteiger partial charge on any atom is 0.156 e. The number of anilines is 2. The minimum Gasteiger partial charge on any atom is -0.492 e. The van der Waals surface area contributed by atoms with Crippen molar-refractivity contribution in [1.82, 2.24) is 15.0 Å². The van der Waals surface area contributed by atoms with Crippen molar-refractivity contribution in [2.24, 2.45) is 22.1 Å². The van der Waals surface area contributed by atoms with E-state index in [-0.39, 0.29) is 11.1 Å². The van der Waals surface area contributed by atoms with Gasteiger partial charge in [-0.05, 0) is 54.3 Å². The van der Waals surface area contributed by atoms with E-state index < -0.39 is 5.82 Å². The summed E-state index contributed by atoms with van der Waals surface area (Å²) in [6, 6.07) is 10.6. The SMILES string of the molecule is CC.CN=C/C(=C\N)c1cc(OCC23COCC2C3)c2c(Nc3ccc4ncccc4c3F)ncnc2c1. The van der Waals surface area contributed by atoms with E-state index in [4.69, 9.17) is 15.2 Å². The molecule has 1 saturated carbocycles. The van der Waals surface area contributed by atoms with Crippen LogP contribution < -0.4 is 15.8 Å². The second-order valence-corrected chi connectivity index (χ2v) is 9.29. The van der Waals surface area contributed by atoms with E-state index in [1.54, 1.807) is 43.7 Å². The second-order valence-electron chi connectivity index (χ2n) is 9.29. The zero-order valence-corrected chi connectivity index (χ0v) is 21.7. The van der Waals surface area contributed by atoms with Gasteiger partial charge >= 0.3 is 0 Å². The number of hydrogen-bond acceptors (Lipinski definition) is 8. The Hall–Kier alpha value is -4.11. The summed E-state index contributed by atoms with van der Waals surface area (Å²) < 4.78 is 27.4. The van der Waals surface area contributed by atoms with Gasteiger partial charge in [0.15, 0.2) is 5.82 Å². The summed E-state index contributed by atoms with van der Waals surface area (Å²) >= 11 is 0. The highest BCUT2D eigenvalue weighted by Gasteiger charge is 2.59. The lowest BCUT2D eigenvalue weighted by atomic mass is 10.0. The number of nitrogens with two attached hydrogens (primary N) is 1. The number of allylic oxidation sites excluding steroid dienone is 1. The number of hydrogen-bond donors (Lipinski definition) is 2. The van der Waals surface area contributed by atoms with Crippen molar-refractivity contribution in [2.45, 2.75) is 20.3 Å². The van der Waals surface area contributed by atoms with Crippen LogP contribution in [0.3, 0.4) is 0 Å². The Balaban J connectivity index is 0.00000144. The molecule has 0 radical (unpaired) electrons. The molecule has 2 aromatic carbocycles. The first-order valence-electron chi connectivity index (χ1n) is 12.8. The van der Waals surface area contributed by atoms with Crippen molar-refractivity contribution >= 4 is 45.1 Å². The molecule has 3 heterocycles. The van der Waals surface area contributed by atoms with Gasteiger partial charge in [-0.15, -0.1) is 0 Å². The predicted octanol–water partition coefficient (Wildman–Crippen LogP) is 5.50. The van der Waals surface area contributed by atoms with E-state index in [9.17, 15) is 0 Å².